The Bertz CT molecular complexity index is 452. The highest BCUT2D eigenvalue weighted by Crippen LogP contribution is 2.40. The number of benzene rings is 1. The molecule has 1 aromatic rings. The Morgan fingerprint density at radius 1 is 1.19 bits per heavy atom. The molecule has 0 radical (unpaired) electrons. The zero-order chi connectivity index (χ0) is 11.2. The van der Waals surface area contributed by atoms with Crippen LogP contribution in [0.3, 0.4) is 0 Å². The molecule has 0 aromatic heterocycles. The average molecular weight is 281 g/mol. The first-order chi connectivity index (χ1) is 7.70. The molecule has 2 N–H and O–H groups in total. The van der Waals surface area contributed by atoms with Crippen molar-refractivity contribution in [2.24, 2.45) is 0 Å². The van der Waals surface area contributed by atoms with Gasteiger partial charge in [0.2, 0.25) is 5.91 Å². The Morgan fingerprint density at radius 3 is 2.69 bits per heavy atom. The van der Waals surface area contributed by atoms with E-state index < -0.39 is 0 Å². The number of hydrogen-bond acceptors (Lipinski definition) is 2. The van der Waals surface area contributed by atoms with Crippen LogP contribution in [0.15, 0.2) is 22.7 Å². The average Bonchev–Trinajstić information content (AvgIpc) is 2.70. The summed E-state index contributed by atoms with van der Waals surface area (Å²) in [6.45, 7) is 0. The summed E-state index contributed by atoms with van der Waals surface area (Å²) in [5.41, 5.74) is 1.56. The van der Waals surface area contributed by atoms with Gasteiger partial charge in [-0.15, -0.1) is 0 Å². The summed E-state index contributed by atoms with van der Waals surface area (Å²) in [6, 6.07) is 5.94. The molecule has 0 atom stereocenters. The third-order valence-electron chi connectivity index (χ3n) is 3.50. The van der Waals surface area contributed by atoms with Gasteiger partial charge in [-0.3, -0.25) is 4.79 Å². The van der Waals surface area contributed by atoms with Crippen LogP contribution in [0, 0.1) is 0 Å². The van der Waals surface area contributed by atoms with Crippen molar-refractivity contribution in [1.82, 2.24) is 0 Å². The Morgan fingerprint density at radius 2 is 1.94 bits per heavy atom. The van der Waals surface area contributed by atoms with E-state index in [1.54, 1.807) is 0 Å². The lowest BCUT2D eigenvalue weighted by Gasteiger charge is -2.35. The van der Waals surface area contributed by atoms with Gasteiger partial charge >= 0.3 is 0 Å². The SMILES string of the molecule is O=C1Nc2cc(Br)ccc2NC12CCCC2. The van der Waals surface area contributed by atoms with Gasteiger partial charge in [-0.25, -0.2) is 0 Å². The molecule has 0 unspecified atom stereocenters. The van der Waals surface area contributed by atoms with Gasteiger partial charge in [0.25, 0.3) is 0 Å². The van der Waals surface area contributed by atoms with E-state index in [0.29, 0.717) is 0 Å². The molecule has 1 aliphatic heterocycles. The van der Waals surface area contributed by atoms with Crippen LogP contribution in [0.5, 0.6) is 0 Å². The van der Waals surface area contributed by atoms with Crippen LogP contribution in [0.2, 0.25) is 0 Å². The minimum absolute atomic E-state index is 0.121. The van der Waals surface area contributed by atoms with Crippen molar-refractivity contribution in [2.45, 2.75) is 31.2 Å². The van der Waals surface area contributed by atoms with Crippen LogP contribution < -0.4 is 10.6 Å². The number of amides is 1. The van der Waals surface area contributed by atoms with Gasteiger partial charge in [0.1, 0.15) is 5.54 Å². The standard InChI is InChI=1S/C12H13BrN2O/c13-8-3-4-9-10(7-8)14-11(16)12(15-9)5-1-2-6-12/h3-4,7,15H,1-2,5-6H2,(H,14,16). The van der Waals surface area contributed by atoms with E-state index in [1.165, 1.54) is 0 Å². The Balaban J connectivity index is 2.01. The molecule has 4 heteroatoms. The maximum atomic E-state index is 12.1. The highest BCUT2D eigenvalue weighted by atomic mass is 79.9. The number of anilines is 2. The van der Waals surface area contributed by atoms with Gasteiger partial charge in [-0.1, -0.05) is 28.8 Å². The van der Waals surface area contributed by atoms with Crippen LogP contribution in [0.25, 0.3) is 0 Å². The summed E-state index contributed by atoms with van der Waals surface area (Å²) in [5.74, 6) is 0.121. The van der Waals surface area contributed by atoms with E-state index in [9.17, 15) is 4.79 Å². The van der Waals surface area contributed by atoms with E-state index in [4.69, 9.17) is 0 Å². The number of hydrogen-bond donors (Lipinski definition) is 2. The van der Waals surface area contributed by atoms with Gasteiger partial charge in [-0.2, -0.15) is 0 Å². The second-order valence-corrected chi connectivity index (χ2v) is 5.47. The van der Waals surface area contributed by atoms with Gasteiger partial charge < -0.3 is 10.6 Å². The zero-order valence-electron chi connectivity index (χ0n) is 8.85. The molecule has 0 saturated heterocycles. The lowest BCUT2D eigenvalue weighted by molar-refractivity contribution is -0.120. The first-order valence-corrected chi connectivity index (χ1v) is 6.38. The molecule has 1 spiro atoms. The van der Waals surface area contributed by atoms with Crippen molar-refractivity contribution in [3.05, 3.63) is 22.7 Å². The topological polar surface area (TPSA) is 41.1 Å². The van der Waals surface area contributed by atoms with E-state index >= 15 is 0 Å². The molecule has 2 aliphatic rings. The smallest absolute Gasteiger partial charge is 0.250 e. The van der Waals surface area contributed by atoms with Crippen molar-refractivity contribution >= 4 is 33.2 Å². The Kier molecular flexibility index (Phi) is 2.21. The zero-order valence-corrected chi connectivity index (χ0v) is 10.4. The normalized spacial score (nSPS) is 21.4. The predicted octanol–water partition coefficient (Wildman–Crippen LogP) is 3.13. The van der Waals surface area contributed by atoms with Crippen LogP contribution in [0.1, 0.15) is 25.7 Å². The fourth-order valence-electron chi connectivity index (χ4n) is 2.62. The molecule has 0 bridgehead atoms. The number of carbonyl (C=O) groups is 1. The molecule has 1 aromatic carbocycles. The number of fused-ring (bicyclic) bond motifs is 1. The molecule has 1 aliphatic carbocycles. The highest BCUT2D eigenvalue weighted by Gasteiger charge is 2.43. The second-order valence-electron chi connectivity index (χ2n) is 4.56. The van der Waals surface area contributed by atoms with Gasteiger partial charge in [0.05, 0.1) is 11.4 Å². The summed E-state index contributed by atoms with van der Waals surface area (Å²) in [6.07, 6.45) is 4.14. The molecule has 1 saturated carbocycles. The molecule has 3 nitrogen and oxygen atoms in total. The van der Waals surface area contributed by atoms with Crippen molar-refractivity contribution in [3.8, 4) is 0 Å². The molecular weight excluding hydrogens is 268 g/mol. The van der Waals surface area contributed by atoms with E-state index in [1.807, 2.05) is 18.2 Å². The lowest BCUT2D eigenvalue weighted by Crippen LogP contribution is -2.50. The maximum absolute atomic E-state index is 12.1. The summed E-state index contributed by atoms with van der Waals surface area (Å²) in [5, 5.41) is 6.42. The molecule has 1 fully saturated rings. The van der Waals surface area contributed by atoms with Crippen LogP contribution in [0.4, 0.5) is 11.4 Å². The first-order valence-electron chi connectivity index (χ1n) is 5.59. The number of nitrogens with one attached hydrogen (secondary N) is 2. The van der Waals surface area contributed by atoms with E-state index in [0.717, 1.165) is 41.5 Å². The van der Waals surface area contributed by atoms with Gasteiger partial charge in [0.15, 0.2) is 0 Å². The van der Waals surface area contributed by atoms with Crippen LogP contribution in [-0.4, -0.2) is 11.4 Å². The van der Waals surface area contributed by atoms with Crippen molar-refractivity contribution in [3.63, 3.8) is 0 Å². The number of rotatable bonds is 0. The van der Waals surface area contributed by atoms with E-state index in [-0.39, 0.29) is 11.4 Å². The fraction of sp³-hybridized carbons (Fsp3) is 0.417. The molecule has 84 valence electrons. The maximum Gasteiger partial charge on any atom is 0.250 e. The third kappa shape index (κ3) is 1.44. The number of carbonyl (C=O) groups excluding carboxylic acids is 1. The minimum Gasteiger partial charge on any atom is -0.370 e. The monoisotopic (exact) mass is 280 g/mol. The van der Waals surface area contributed by atoms with Crippen LogP contribution >= 0.6 is 15.9 Å². The quantitative estimate of drug-likeness (QED) is 0.767. The fourth-order valence-corrected chi connectivity index (χ4v) is 2.98. The minimum atomic E-state index is -0.346. The van der Waals surface area contributed by atoms with Crippen molar-refractivity contribution in [2.75, 3.05) is 10.6 Å². The number of halogens is 1. The summed E-state index contributed by atoms with van der Waals surface area (Å²) < 4.78 is 0.982. The molecule has 16 heavy (non-hydrogen) atoms. The largest absolute Gasteiger partial charge is 0.370 e. The Hall–Kier alpha value is -1.03. The molecule has 1 heterocycles. The van der Waals surface area contributed by atoms with Crippen molar-refractivity contribution < 1.29 is 4.79 Å². The third-order valence-corrected chi connectivity index (χ3v) is 3.99. The molecule has 1 amide bonds. The second kappa shape index (κ2) is 3.48. The Labute approximate surface area is 103 Å². The molecule has 3 rings (SSSR count). The first kappa shape index (κ1) is 10.1. The van der Waals surface area contributed by atoms with Gasteiger partial charge in [-0.05, 0) is 31.0 Å². The predicted molar refractivity (Wildman–Crippen MR) is 67.6 cm³/mol. The highest BCUT2D eigenvalue weighted by molar-refractivity contribution is 9.10. The van der Waals surface area contributed by atoms with Crippen LogP contribution in [-0.2, 0) is 4.79 Å². The summed E-state index contributed by atoms with van der Waals surface area (Å²) >= 11 is 3.41. The summed E-state index contributed by atoms with van der Waals surface area (Å²) in [7, 11) is 0. The molecular formula is C12H13BrN2O. The lowest BCUT2D eigenvalue weighted by atomic mass is 9.93. The van der Waals surface area contributed by atoms with Crippen molar-refractivity contribution in [1.29, 1.82) is 0 Å². The van der Waals surface area contributed by atoms with E-state index in [2.05, 4.69) is 26.6 Å². The summed E-state index contributed by atoms with van der Waals surface area (Å²) in [4.78, 5) is 12.1. The van der Waals surface area contributed by atoms with Gasteiger partial charge in [0, 0.05) is 4.47 Å².